The molecule has 0 fully saturated rings. The number of amides is 2. The summed E-state index contributed by atoms with van der Waals surface area (Å²) in [6.45, 7) is 8.53. The average Bonchev–Trinajstić information content (AvgIpc) is 3.16. The summed E-state index contributed by atoms with van der Waals surface area (Å²) in [7, 11) is 0. The zero-order valence-electron chi connectivity index (χ0n) is 18.9. The number of hydrogen-bond acceptors (Lipinski definition) is 5. The molecule has 1 atom stereocenters. The Kier molecular flexibility index (Phi) is 8.05. The molecule has 168 valence electrons. The maximum Gasteiger partial charge on any atom is 0.232 e. The lowest BCUT2D eigenvalue weighted by Crippen LogP contribution is -2.28. The molecule has 3 aromatic rings. The number of anilines is 1. The number of benzene rings is 2. The number of aryl methyl sites for hydroxylation is 2. The molecule has 0 aliphatic rings. The van der Waals surface area contributed by atoms with Crippen molar-refractivity contribution in [2.75, 3.05) is 11.1 Å². The molecule has 1 heterocycles. The lowest BCUT2D eigenvalue weighted by molar-refractivity contribution is -0.119. The van der Waals surface area contributed by atoms with Crippen LogP contribution in [-0.4, -0.2) is 32.3 Å². The molecule has 0 bridgehead atoms. The van der Waals surface area contributed by atoms with Crippen LogP contribution in [0.1, 0.15) is 42.4 Å². The van der Waals surface area contributed by atoms with Crippen molar-refractivity contribution in [1.29, 1.82) is 0 Å². The molecule has 2 N–H and O–H groups in total. The molecular formula is C24H29N5O2S. The number of hydrogen-bond donors (Lipinski definition) is 2. The summed E-state index contributed by atoms with van der Waals surface area (Å²) in [5.74, 6) is 0.579. The van der Waals surface area contributed by atoms with Crippen molar-refractivity contribution in [2.45, 2.75) is 51.9 Å². The fraction of sp³-hybridized carbons (Fsp3) is 0.333. The third-order valence-corrected chi connectivity index (χ3v) is 6.06. The van der Waals surface area contributed by atoms with E-state index in [9.17, 15) is 9.59 Å². The minimum atomic E-state index is -0.148. The van der Waals surface area contributed by atoms with Gasteiger partial charge in [0, 0.05) is 12.2 Å². The van der Waals surface area contributed by atoms with Crippen molar-refractivity contribution in [1.82, 2.24) is 20.1 Å². The normalized spacial score (nSPS) is 11.8. The molecule has 0 aliphatic carbocycles. The SMILES string of the molecule is CCn1c(CC(=O)Nc2ccc(C)cc2C)nnc1SCC(=O)N[C@@H](C)c1ccccc1. The molecule has 0 saturated carbocycles. The van der Waals surface area contributed by atoms with E-state index in [1.807, 2.05) is 80.8 Å². The van der Waals surface area contributed by atoms with Crippen LogP contribution < -0.4 is 10.6 Å². The second kappa shape index (κ2) is 10.9. The van der Waals surface area contributed by atoms with E-state index in [0.717, 1.165) is 22.4 Å². The quantitative estimate of drug-likeness (QED) is 0.479. The molecule has 32 heavy (non-hydrogen) atoms. The van der Waals surface area contributed by atoms with E-state index in [2.05, 4.69) is 20.8 Å². The highest BCUT2D eigenvalue weighted by Gasteiger charge is 2.17. The number of carbonyl (C=O) groups is 2. The minimum absolute atomic E-state index is 0.0715. The molecule has 8 heteroatoms. The highest BCUT2D eigenvalue weighted by Crippen LogP contribution is 2.20. The molecule has 0 spiro atoms. The van der Waals surface area contributed by atoms with E-state index in [0.29, 0.717) is 17.5 Å². The van der Waals surface area contributed by atoms with Gasteiger partial charge >= 0.3 is 0 Å². The van der Waals surface area contributed by atoms with E-state index in [1.54, 1.807) is 0 Å². The van der Waals surface area contributed by atoms with Crippen LogP contribution in [0.4, 0.5) is 5.69 Å². The van der Waals surface area contributed by atoms with Crippen molar-refractivity contribution >= 4 is 29.3 Å². The Bertz CT molecular complexity index is 1080. The van der Waals surface area contributed by atoms with E-state index in [4.69, 9.17) is 0 Å². The van der Waals surface area contributed by atoms with Crippen molar-refractivity contribution in [3.8, 4) is 0 Å². The van der Waals surface area contributed by atoms with Gasteiger partial charge < -0.3 is 15.2 Å². The van der Waals surface area contributed by atoms with Crippen molar-refractivity contribution in [3.63, 3.8) is 0 Å². The van der Waals surface area contributed by atoms with Crippen molar-refractivity contribution < 1.29 is 9.59 Å². The number of nitrogens with zero attached hydrogens (tertiary/aromatic N) is 3. The molecule has 1 aromatic heterocycles. The van der Waals surface area contributed by atoms with Gasteiger partial charge in [0.25, 0.3) is 0 Å². The smallest absolute Gasteiger partial charge is 0.232 e. The zero-order valence-corrected chi connectivity index (χ0v) is 19.7. The van der Waals surface area contributed by atoms with Gasteiger partial charge in [0.05, 0.1) is 18.2 Å². The molecule has 0 radical (unpaired) electrons. The molecular weight excluding hydrogens is 422 g/mol. The largest absolute Gasteiger partial charge is 0.349 e. The van der Waals surface area contributed by atoms with Gasteiger partial charge in [0.2, 0.25) is 11.8 Å². The van der Waals surface area contributed by atoms with Gasteiger partial charge in [-0.2, -0.15) is 0 Å². The Hall–Kier alpha value is -3.13. The monoisotopic (exact) mass is 451 g/mol. The first kappa shape index (κ1) is 23.5. The molecule has 2 amide bonds. The molecule has 3 rings (SSSR count). The lowest BCUT2D eigenvalue weighted by atomic mass is 10.1. The Morgan fingerprint density at radius 3 is 2.50 bits per heavy atom. The van der Waals surface area contributed by atoms with Crippen LogP contribution in [-0.2, 0) is 22.6 Å². The maximum atomic E-state index is 12.6. The summed E-state index contributed by atoms with van der Waals surface area (Å²) in [4.78, 5) is 24.9. The third-order valence-electron chi connectivity index (χ3n) is 5.09. The summed E-state index contributed by atoms with van der Waals surface area (Å²) >= 11 is 1.32. The Morgan fingerprint density at radius 1 is 1.06 bits per heavy atom. The number of thioether (sulfide) groups is 1. The van der Waals surface area contributed by atoms with Crippen LogP contribution in [0.15, 0.2) is 53.7 Å². The number of aromatic nitrogens is 3. The van der Waals surface area contributed by atoms with Crippen LogP contribution >= 0.6 is 11.8 Å². The maximum absolute atomic E-state index is 12.6. The van der Waals surface area contributed by atoms with E-state index >= 15 is 0 Å². The van der Waals surface area contributed by atoms with Crippen LogP contribution in [0.5, 0.6) is 0 Å². The van der Waals surface area contributed by atoms with E-state index in [1.165, 1.54) is 11.8 Å². The van der Waals surface area contributed by atoms with Crippen molar-refractivity contribution in [2.24, 2.45) is 0 Å². The first-order valence-electron chi connectivity index (χ1n) is 10.6. The lowest BCUT2D eigenvalue weighted by Gasteiger charge is -2.14. The van der Waals surface area contributed by atoms with Crippen LogP contribution in [0.3, 0.4) is 0 Å². The molecule has 0 saturated heterocycles. The predicted octanol–water partition coefficient (Wildman–Crippen LogP) is 4.07. The Balaban J connectivity index is 1.57. The van der Waals surface area contributed by atoms with Gasteiger partial charge in [-0.25, -0.2) is 0 Å². The van der Waals surface area contributed by atoms with Crippen molar-refractivity contribution in [3.05, 3.63) is 71.0 Å². The molecule has 2 aromatic carbocycles. The summed E-state index contributed by atoms with van der Waals surface area (Å²) in [5.41, 5.74) is 4.01. The second-order valence-corrected chi connectivity index (χ2v) is 8.62. The summed E-state index contributed by atoms with van der Waals surface area (Å²) in [6.07, 6.45) is 0.117. The second-order valence-electron chi connectivity index (χ2n) is 7.67. The van der Waals surface area contributed by atoms with Gasteiger partial charge in [-0.05, 0) is 44.9 Å². The van der Waals surface area contributed by atoms with Gasteiger partial charge in [-0.15, -0.1) is 10.2 Å². The predicted molar refractivity (Wildman–Crippen MR) is 128 cm³/mol. The van der Waals surface area contributed by atoms with Gasteiger partial charge in [-0.3, -0.25) is 9.59 Å². The third kappa shape index (κ3) is 6.20. The molecule has 0 unspecified atom stereocenters. The van der Waals surface area contributed by atoms with Crippen LogP contribution in [0, 0.1) is 13.8 Å². The minimum Gasteiger partial charge on any atom is -0.349 e. The molecule has 0 aliphatic heterocycles. The standard InChI is InChI=1S/C24H29N5O2S/c1-5-29-21(14-22(30)26-20-12-11-16(2)13-17(20)3)27-28-24(29)32-15-23(31)25-18(4)19-9-7-6-8-10-19/h6-13,18H,5,14-15H2,1-4H3,(H,25,31)(H,26,30)/t18-/m0/s1. The summed E-state index contributed by atoms with van der Waals surface area (Å²) in [5, 5.41) is 15.0. The Morgan fingerprint density at radius 2 is 1.81 bits per heavy atom. The highest BCUT2D eigenvalue weighted by atomic mass is 32.2. The van der Waals surface area contributed by atoms with Gasteiger partial charge in [0.15, 0.2) is 5.16 Å². The fourth-order valence-electron chi connectivity index (χ4n) is 3.40. The van der Waals surface area contributed by atoms with Crippen LogP contribution in [0.2, 0.25) is 0 Å². The molecule has 7 nitrogen and oxygen atoms in total. The average molecular weight is 452 g/mol. The number of nitrogens with one attached hydrogen (secondary N) is 2. The Labute approximate surface area is 193 Å². The first-order chi connectivity index (χ1) is 15.4. The van der Waals surface area contributed by atoms with E-state index in [-0.39, 0.29) is 30.0 Å². The van der Waals surface area contributed by atoms with E-state index < -0.39 is 0 Å². The van der Waals surface area contributed by atoms with Crippen LogP contribution in [0.25, 0.3) is 0 Å². The highest BCUT2D eigenvalue weighted by molar-refractivity contribution is 7.99. The zero-order chi connectivity index (χ0) is 23.1. The summed E-state index contributed by atoms with van der Waals surface area (Å²) < 4.78 is 1.88. The van der Waals surface area contributed by atoms with Gasteiger partial charge in [-0.1, -0.05) is 59.8 Å². The fourth-order valence-corrected chi connectivity index (χ4v) is 4.24. The topological polar surface area (TPSA) is 88.9 Å². The number of carbonyl (C=O) groups excluding carboxylic acids is 2. The van der Waals surface area contributed by atoms with Gasteiger partial charge in [0.1, 0.15) is 5.82 Å². The first-order valence-corrected chi connectivity index (χ1v) is 11.6. The summed E-state index contributed by atoms with van der Waals surface area (Å²) in [6, 6.07) is 15.7. The number of rotatable bonds is 9.